The van der Waals surface area contributed by atoms with Crippen LogP contribution in [0.4, 0.5) is 14.6 Å². The molecule has 0 amide bonds. The number of nitriles is 1. The van der Waals surface area contributed by atoms with Gasteiger partial charge in [-0.05, 0) is 29.8 Å². The van der Waals surface area contributed by atoms with Crippen LogP contribution in [-0.4, -0.2) is 16.6 Å². The summed E-state index contributed by atoms with van der Waals surface area (Å²) in [5, 5.41) is 21.7. The van der Waals surface area contributed by atoms with Crippen LogP contribution in [0.2, 0.25) is 0 Å². The quantitative estimate of drug-likeness (QED) is 0.890. The van der Waals surface area contributed by atoms with E-state index in [1.807, 2.05) is 6.07 Å². The monoisotopic (exact) mass is 303 g/mol. The molecule has 0 aliphatic carbocycles. The van der Waals surface area contributed by atoms with Crippen LogP contribution in [0.3, 0.4) is 0 Å². The highest BCUT2D eigenvalue weighted by Gasteiger charge is 2.26. The summed E-state index contributed by atoms with van der Waals surface area (Å²) in [6.07, 6.45) is -0.874. The summed E-state index contributed by atoms with van der Waals surface area (Å²) in [4.78, 5) is 3.82. The number of halogens is 2. The zero-order chi connectivity index (χ0) is 16.2. The fourth-order valence-electron chi connectivity index (χ4n) is 1.91. The third-order valence-electron chi connectivity index (χ3n) is 3.08. The van der Waals surface area contributed by atoms with Crippen molar-refractivity contribution < 1.29 is 13.9 Å². The molecule has 1 aromatic carbocycles. The van der Waals surface area contributed by atoms with E-state index in [1.165, 1.54) is 12.1 Å². The van der Waals surface area contributed by atoms with Gasteiger partial charge in [0.2, 0.25) is 0 Å². The van der Waals surface area contributed by atoms with E-state index in [1.54, 1.807) is 30.3 Å². The highest BCUT2D eigenvalue weighted by molar-refractivity contribution is 5.38. The Kier molecular flexibility index (Phi) is 4.68. The second-order valence-corrected chi connectivity index (χ2v) is 4.93. The van der Waals surface area contributed by atoms with Gasteiger partial charge < -0.3 is 10.4 Å². The number of aliphatic hydroxyl groups is 1. The molecule has 0 aliphatic heterocycles. The minimum atomic E-state index is -3.02. The molecule has 1 aromatic heterocycles. The van der Waals surface area contributed by atoms with Crippen molar-refractivity contribution in [3.63, 3.8) is 0 Å². The third-order valence-corrected chi connectivity index (χ3v) is 3.08. The van der Waals surface area contributed by atoms with Gasteiger partial charge in [0.1, 0.15) is 11.5 Å². The van der Waals surface area contributed by atoms with Crippen molar-refractivity contribution in [3.8, 4) is 6.07 Å². The average molecular weight is 303 g/mol. The molecule has 0 radical (unpaired) electrons. The first-order valence-corrected chi connectivity index (χ1v) is 6.67. The highest BCUT2D eigenvalue weighted by atomic mass is 19.3. The van der Waals surface area contributed by atoms with Gasteiger partial charge in [-0.25, -0.2) is 4.98 Å². The van der Waals surface area contributed by atoms with Crippen LogP contribution in [0.1, 0.15) is 29.8 Å². The molecule has 22 heavy (non-hydrogen) atoms. The number of benzene rings is 1. The number of anilines is 1. The molecule has 1 heterocycles. The van der Waals surface area contributed by atoms with E-state index in [9.17, 15) is 13.9 Å². The van der Waals surface area contributed by atoms with Crippen LogP contribution in [0.15, 0.2) is 42.5 Å². The number of nitrogens with one attached hydrogen (secondary N) is 1. The van der Waals surface area contributed by atoms with Crippen LogP contribution >= 0.6 is 0 Å². The first kappa shape index (κ1) is 15.9. The molecule has 114 valence electrons. The van der Waals surface area contributed by atoms with Gasteiger partial charge in [-0.2, -0.15) is 14.0 Å². The standard InChI is InChI=1S/C16H15F2N3O/c1-16(17,18)14-6-3-7-15(21-14)20-10-13(22)12-5-2-4-11(8-12)9-19/h2-8,13,22H,10H2,1H3,(H,20,21). The number of aromatic nitrogens is 1. The lowest BCUT2D eigenvalue weighted by Gasteiger charge is -2.15. The molecule has 2 aromatic rings. The maximum absolute atomic E-state index is 13.2. The molecule has 0 saturated heterocycles. The molecule has 4 nitrogen and oxygen atoms in total. The lowest BCUT2D eigenvalue weighted by molar-refractivity contribution is 0.0129. The van der Waals surface area contributed by atoms with Gasteiger partial charge in [0.15, 0.2) is 0 Å². The summed E-state index contributed by atoms with van der Waals surface area (Å²) >= 11 is 0. The predicted octanol–water partition coefficient (Wildman–Crippen LogP) is 3.21. The number of hydrogen-bond donors (Lipinski definition) is 2. The Labute approximate surface area is 127 Å². The Morgan fingerprint density at radius 2 is 2.05 bits per heavy atom. The van der Waals surface area contributed by atoms with Crippen molar-refractivity contribution in [2.24, 2.45) is 0 Å². The van der Waals surface area contributed by atoms with Crippen molar-refractivity contribution in [2.45, 2.75) is 19.0 Å². The Morgan fingerprint density at radius 1 is 1.32 bits per heavy atom. The molecular weight excluding hydrogens is 288 g/mol. The number of pyridine rings is 1. The van der Waals surface area contributed by atoms with Crippen molar-refractivity contribution in [1.29, 1.82) is 5.26 Å². The average Bonchev–Trinajstić information content (AvgIpc) is 2.52. The summed E-state index contributed by atoms with van der Waals surface area (Å²) in [5.41, 5.74) is 0.685. The Hall–Kier alpha value is -2.52. The molecule has 2 N–H and O–H groups in total. The zero-order valence-electron chi connectivity index (χ0n) is 11.9. The molecule has 0 fully saturated rings. The highest BCUT2D eigenvalue weighted by Crippen LogP contribution is 2.26. The van der Waals surface area contributed by atoms with E-state index in [4.69, 9.17) is 5.26 Å². The summed E-state index contributed by atoms with van der Waals surface area (Å²) in [6, 6.07) is 12.8. The number of nitrogens with zero attached hydrogens (tertiary/aromatic N) is 2. The molecule has 0 spiro atoms. The van der Waals surface area contributed by atoms with Crippen LogP contribution in [0.5, 0.6) is 0 Å². The van der Waals surface area contributed by atoms with Gasteiger partial charge in [0, 0.05) is 13.5 Å². The fourth-order valence-corrected chi connectivity index (χ4v) is 1.91. The summed E-state index contributed by atoms with van der Waals surface area (Å²) in [6.45, 7) is 0.877. The lowest BCUT2D eigenvalue weighted by atomic mass is 10.1. The van der Waals surface area contributed by atoms with E-state index >= 15 is 0 Å². The van der Waals surface area contributed by atoms with Gasteiger partial charge in [-0.15, -0.1) is 0 Å². The first-order valence-electron chi connectivity index (χ1n) is 6.67. The van der Waals surface area contributed by atoms with Crippen LogP contribution in [0.25, 0.3) is 0 Å². The maximum Gasteiger partial charge on any atom is 0.287 e. The lowest BCUT2D eigenvalue weighted by Crippen LogP contribution is -2.15. The van der Waals surface area contributed by atoms with Crippen molar-refractivity contribution in [1.82, 2.24) is 4.98 Å². The van der Waals surface area contributed by atoms with E-state index in [-0.39, 0.29) is 18.1 Å². The van der Waals surface area contributed by atoms with Crippen LogP contribution < -0.4 is 5.32 Å². The SMILES string of the molecule is CC(F)(F)c1cccc(NCC(O)c2cccc(C#N)c2)n1. The Morgan fingerprint density at radius 3 is 2.73 bits per heavy atom. The summed E-state index contributed by atoms with van der Waals surface area (Å²) in [7, 11) is 0. The van der Waals surface area contributed by atoms with Crippen molar-refractivity contribution in [3.05, 3.63) is 59.3 Å². The van der Waals surface area contributed by atoms with Gasteiger partial charge in [0.25, 0.3) is 5.92 Å². The van der Waals surface area contributed by atoms with Crippen LogP contribution in [0, 0.1) is 11.3 Å². The molecule has 1 atom stereocenters. The van der Waals surface area contributed by atoms with Crippen LogP contribution in [-0.2, 0) is 5.92 Å². The second-order valence-electron chi connectivity index (χ2n) is 4.93. The van der Waals surface area contributed by atoms with Gasteiger partial charge in [0.05, 0.1) is 17.7 Å². The number of aliphatic hydroxyl groups excluding tert-OH is 1. The summed E-state index contributed by atoms with van der Waals surface area (Å²) in [5.74, 6) is -2.76. The molecule has 0 saturated carbocycles. The van der Waals surface area contributed by atoms with Crippen molar-refractivity contribution in [2.75, 3.05) is 11.9 Å². The molecule has 0 bridgehead atoms. The number of hydrogen-bond acceptors (Lipinski definition) is 4. The van der Waals surface area contributed by atoms with Gasteiger partial charge >= 0.3 is 0 Å². The molecule has 2 rings (SSSR count). The molecular formula is C16H15F2N3O. The van der Waals surface area contributed by atoms with E-state index < -0.39 is 12.0 Å². The fraction of sp³-hybridized carbons (Fsp3) is 0.250. The normalized spacial score (nSPS) is 12.5. The number of alkyl halides is 2. The molecule has 0 aliphatic rings. The second kappa shape index (κ2) is 6.50. The largest absolute Gasteiger partial charge is 0.387 e. The zero-order valence-corrected chi connectivity index (χ0v) is 11.9. The topological polar surface area (TPSA) is 68.9 Å². The Balaban J connectivity index is 2.05. The van der Waals surface area contributed by atoms with Gasteiger partial charge in [-0.1, -0.05) is 18.2 Å². The van der Waals surface area contributed by atoms with E-state index in [0.29, 0.717) is 11.1 Å². The predicted molar refractivity (Wildman–Crippen MR) is 78.4 cm³/mol. The van der Waals surface area contributed by atoms with E-state index in [2.05, 4.69) is 10.3 Å². The third kappa shape index (κ3) is 3.99. The van der Waals surface area contributed by atoms with Crippen molar-refractivity contribution >= 4 is 5.82 Å². The first-order chi connectivity index (χ1) is 10.4. The minimum Gasteiger partial charge on any atom is -0.387 e. The number of rotatable bonds is 5. The molecule has 1 unspecified atom stereocenters. The Bertz CT molecular complexity index is 692. The maximum atomic E-state index is 13.2. The minimum absolute atomic E-state index is 0.0978. The smallest absolute Gasteiger partial charge is 0.287 e. The molecule has 6 heteroatoms. The summed E-state index contributed by atoms with van der Waals surface area (Å²) < 4.78 is 26.4. The van der Waals surface area contributed by atoms with E-state index in [0.717, 1.165) is 6.92 Å². The van der Waals surface area contributed by atoms with Gasteiger partial charge in [-0.3, -0.25) is 0 Å².